The van der Waals surface area contributed by atoms with E-state index in [1.54, 1.807) is 0 Å². The number of hydrogen-bond acceptors (Lipinski definition) is 2. The van der Waals surface area contributed by atoms with E-state index in [2.05, 4.69) is 32.9 Å². The minimum absolute atomic E-state index is 0.215. The molecular weight excluding hydrogens is 210 g/mol. The molecule has 0 aliphatic carbocycles. The summed E-state index contributed by atoms with van der Waals surface area (Å²) in [6, 6.07) is 4.26. The highest BCUT2D eigenvalue weighted by atomic mass is 16.1. The van der Waals surface area contributed by atoms with Crippen molar-refractivity contribution in [2.24, 2.45) is 5.73 Å². The van der Waals surface area contributed by atoms with E-state index in [1.807, 2.05) is 13.8 Å². The molecule has 0 aliphatic heterocycles. The molecule has 2 nitrogen and oxygen atoms in total. The molecule has 0 aliphatic rings. The van der Waals surface area contributed by atoms with Gasteiger partial charge in [-0.1, -0.05) is 17.7 Å². The topological polar surface area (TPSA) is 43.1 Å². The molecule has 1 aromatic carbocycles. The first-order valence-electron chi connectivity index (χ1n) is 6.06. The molecule has 0 saturated heterocycles. The minimum atomic E-state index is -0.413. The Balaban J connectivity index is 2.86. The van der Waals surface area contributed by atoms with E-state index < -0.39 is 5.54 Å². The van der Waals surface area contributed by atoms with Gasteiger partial charge in [0.1, 0.15) is 5.78 Å². The number of rotatable bonds is 4. The summed E-state index contributed by atoms with van der Waals surface area (Å²) in [5, 5.41) is 0. The first kappa shape index (κ1) is 13.9. The van der Waals surface area contributed by atoms with E-state index in [0.29, 0.717) is 12.8 Å². The van der Waals surface area contributed by atoms with Gasteiger partial charge in [-0.3, -0.25) is 4.79 Å². The van der Waals surface area contributed by atoms with Crippen LogP contribution in [0.2, 0.25) is 0 Å². The predicted octanol–water partition coefficient (Wildman–Crippen LogP) is 2.85. The van der Waals surface area contributed by atoms with Crippen LogP contribution in [0.3, 0.4) is 0 Å². The third-order valence-corrected chi connectivity index (χ3v) is 2.87. The largest absolute Gasteiger partial charge is 0.325 e. The number of carbonyl (C=O) groups is 1. The van der Waals surface area contributed by atoms with Crippen LogP contribution < -0.4 is 5.73 Å². The van der Waals surface area contributed by atoms with Gasteiger partial charge in [-0.25, -0.2) is 0 Å². The van der Waals surface area contributed by atoms with E-state index in [1.165, 1.54) is 16.7 Å². The Bertz CT molecular complexity index is 404. The van der Waals surface area contributed by atoms with Gasteiger partial charge in [0.2, 0.25) is 0 Å². The van der Waals surface area contributed by atoms with Gasteiger partial charge < -0.3 is 5.73 Å². The fraction of sp³-hybridized carbons (Fsp3) is 0.533. The maximum atomic E-state index is 11.9. The quantitative estimate of drug-likeness (QED) is 0.869. The molecular formula is C15H23NO. The number of hydrogen-bond donors (Lipinski definition) is 1. The van der Waals surface area contributed by atoms with Crippen molar-refractivity contribution in [3.63, 3.8) is 0 Å². The molecule has 0 saturated carbocycles. The summed E-state index contributed by atoms with van der Waals surface area (Å²) >= 11 is 0. The molecule has 0 amide bonds. The van der Waals surface area contributed by atoms with Crippen LogP contribution in [-0.2, 0) is 11.2 Å². The van der Waals surface area contributed by atoms with Crippen molar-refractivity contribution in [1.29, 1.82) is 0 Å². The maximum absolute atomic E-state index is 11.9. The second kappa shape index (κ2) is 5.01. The number of benzene rings is 1. The lowest BCUT2D eigenvalue weighted by atomic mass is 9.91. The average Bonchev–Trinajstić information content (AvgIpc) is 2.08. The zero-order valence-corrected chi connectivity index (χ0v) is 11.6. The molecule has 2 heteroatoms. The average molecular weight is 233 g/mol. The molecule has 0 radical (unpaired) electrons. The van der Waals surface area contributed by atoms with Crippen molar-refractivity contribution < 1.29 is 4.79 Å². The first-order valence-corrected chi connectivity index (χ1v) is 6.06. The Hall–Kier alpha value is -1.15. The van der Waals surface area contributed by atoms with Crippen molar-refractivity contribution in [1.82, 2.24) is 0 Å². The Kier molecular flexibility index (Phi) is 4.10. The normalized spacial score (nSPS) is 11.6. The Labute approximate surface area is 104 Å². The molecule has 0 heterocycles. The van der Waals surface area contributed by atoms with Gasteiger partial charge in [-0.05, 0) is 51.3 Å². The Morgan fingerprint density at radius 3 is 2.06 bits per heavy atom. The minimum Gasteiger partial charge on any atom is -0.325 e. The fourth-order valence-corrected chi connectivity index (χ4v) is 2.26. The number of carbonyl (C=O) groups excluding carboxylic acids is 1. The second-order valence-electron chi connectivity index (χ2n) is 5.76. The monoisotopic (exact) mass is 233 g/mol. The van der Waals surface area contributed by atoms with Gasteiger partial charge in [0.15, 0.2) is 0 Å². The summed E-state index contributed by atoms with van der Waals surface area (Å²) in [6.45, 7) is 9.99. The summed E-state index contributed by atoms with van der Waals surface area (Å²) in [5.41, 5.74) is 10.3. The molecule has 0 spiro atoms. The zero-order valence-electron chi connectivity index (χ0n) is 11.6. The molecule has 0 unspecified atom stereocenters. The SMILES string of the molecule is Cc1cc(C)c(CC(=O)CC(C)(C)N)c(C)c1. The third kappa shape index (κ3) is 4.31. The highest BCUT2D eigenvalue weighted by molar-refractivity contribution is 5.82. The Morgan fingerprint density at radius 2 is 1.65 bits per heavy atom. The molecule has 1 rings (SSSR count). The molecule has 94 valence electrons. The zero-order chi connectivity index (χ0) is 13.2. The van der Waals surface area contributed by atoms with Gasteiger partial charge in [0, 0.05) is 18.4 Å². The van der Waals surface area contributed by atoms with E-state index in [4.69, 9.17) is 5.73 Å². The lowest BCUT2D eigenvalue weighted by Gasteiger charge is -2.18. The molecule has 0 fully saturated rings. The summed E-state index contributed by atoms with van der Waals surface area (Å²) in [4.78, 5) is 11.9. The summed E-state index contributed by atoms with van der Waals surface area (Å²) in [7, 11) is 0. The van der Waals surface area contributed by atoms with Crippen LogP contribution in [0.1, 0.15) is 42.5 Å². The molecule has 1 aromatic rings. The van der Waals surface area contributed by atoms with Crippen LogP contribution in [0.4, 0.5) is 0 Å². The van der Waals surface area contributed by atoms with Crippen LogP contribution in [0, 0.1) is 20.8 Å². The van der Waals surface area contributed by atoms with Gasteiger partial charge in [0.25, 0.3) is 0 Å². The second-order valence-corrected chi connectivity index (χ2v) is 5.76. The molecule has 2 N–H and O–H groups in total. The summed E-state index contributed by atoms with van der Waals surface area (Å²) < 4.78 is 0. The van der Waals surface area contributed by atoms with Crippen molar-refractivity contribution >= 4 is 5.78 Å². The summed E-state index contributed by atoms with van der Waals surface area (Å²) in [6.07, 6.45) is 0.929. The highest BCUT2D eigenvalue weighted by Crippen LogP contribution is 2.18. The van der Waals surface area contributed by atoms with E-state index in [0.717, 1.165) is 5.56 Å². The third-order valence-electron chi connectivity index (χ3n) is 2.87. The van der Waals surface area contributed by atoms with Gasteiger partial charge >= 0.3 is 0 Å². The molecule has 17 heavy (non-hydrogen) atoms. The van der Waals surface area contributed by atoms with Crippen LogP contribution in [-0.4, -0.2) is 11.3 Å². The smallest absolute Gasteiger partial charge is 0.139 e. The molecule has 0 bridgehead atoms. The van der Waals surface area contributed by atoms with Crippen molar-refractivity contribution in [2.45, 2.75) is 53.0 Å². The van der Waals surface area contributed by atoms with Gasteiger partial charge in [-0.2, -0.15) is 0 Å². The number of ketones is 1. The van der Waals surface area contributed by atoms with Crippen LogP contribution in [0.25, 0.3) is 0 Å². The lowest BCUT2D eigenvalue weighted by molar-refractivity contribution is -0.119. The van der Waals surface area contributed by atoms with Crippen LogP contribution in [0.5, 0.6) is 0 Å². The molecule has 0 atom stereocenters. The number of aryl methyl sites for hydroxylation is 3. The highest BCUT2D eigenvalue weighted by Gasteiger charge is 2.17. The number of Topliss-reactive ketones (excluding diaryl/α,β-unsaturated/α-hetero) is 1. The first-order chi connectivity index (χ1) is 7.69. The fourth-order valence-electron chi connectivity index (χ4n) is 2.26. The van der Waals surface area contributed by atoms with Crippen molar-refractivity contribution in [2.75, 3.05) is 0 Å². The van der Waals surface area contributed by atoms with Crippen molar-refractivity contribution in [3.8, 4) is 0 Å². The van der Waals surface area contributed by atoms with E-state index >= 15 is 0 Å². The van der Waals surface area contributed by atoms with Crippen LogP contribution in [0.15, 0.2) is 12.1 Å². The Morgan fingerprint density at radius 1 is 1.18 bits per heavy atom. The number of nitrogens with two attached hydrogens (primary N) is 1. The summed E-state index contributed by atoms with van der Waals surface area (Å²) in [5.74, 6) is 0.215. The van der Waals surface area contributed by atoms with Crippen molar-refractivity contribution in [3.05, 3.63) is 34.4 Å². The predicted molar refractivity (Wildman–Crippen MR) is 72.2 cm³/mol. The lowest BCUT2D eigenvalue weighted by Crippen LogP contribution is -2.35. The molecule has 0 aromatic heterocycles. The van der Waals surface area contributed by atoms with Crippen LogP contribution >= 0.6 is 0 Å². The van der Waals surface area contributed by atoms with Gasteiger partial charge in [-0.15, -0.1) is 0 Å². The van der Waals surface area contributed by atoms with E-state index in [-0.39, 0.29) is 5.78 Å². The van der Waals surface area contributed by atoms with E-state index in [9.17, 15) is 4.79 Å². The van der Waals surface area contributed by atoms with Gasteiger partial charge in [0.05, 0.1) is 0 Å². The standard InChI is InChI=1S/C15H23NO/c1-10-6-11(2)14(12(3)7-10)8-13(17)9-15(4,5)16/h6-7H,8-9,16H2,1-5H3. The maximum Gasteiger partial charge on any atom is 0.139 e.